The molecule has 2 aromatic carbocycles. The van der Waals surface area contributed by atoms with Crippen LogP contribution in [0, 0.1) is 0 Å². The Kier molecular flexibility index (Phi) is 5.29. The van der Waals surface area contributed by atoms with Crippen molar-refractivity contribution in [3.05, 3.63) is 42.1 Å². The molecule has 4 rings (SSSR count). The van der Waals surface area contributed by atoms with Crippen LogP contribution in [-0.2, 0) is 6.42 Å². The Bertz CT molecular complexity index is 1120. The summed E-state index contributed by atoms with van der Waals surface area (Å²) in [6, 6.07) is 10.3. The number of thiazole rings is 1. The molecule has 7 nitrogen and oxygen atoms in total. The van der Waals surface area contributed by atoms with Crippen molar-refractivity contribution >= 4 is 49.0 Å². The Morgan fingerprint density at radius 2 is 2.00 bits per heavy atom. The highest BCUT2D eigenvalue weighted by atomic mass is 32.1. The number of hydrogen-bond acceptors (Lipinski definition) is 6. The minimum absolute atomic E-state index is 0.656. The average molecular weight is 409 g/mol. The first kappa shape index (κ1) is 19.5. The molecule has 0 bridgehead atoms. The number of aryl methyl sites for hydroxylation is 1. The van der Waals surface area contributed by atoms with Gasteiger partial charge in [0.25, 0.3) is 0 Å². The van der Waals surface area contributed by atoms with E-state index in [0.717, 1.165) is 50.8 Å². The van der Waals surface area contributed by atoms with Crippen LogP contribution in [0.5, 0.6) is 0 Å². The smallest absolute Gasteiger partial charge is 0.231 e. The number of aromatic amines is 1. The number of rotatable bonds is 7. The molecule has 2 N–H and O–H groups in total. The van der Waals surface area contributed by atoms with Crippen molar-refractivity contribution in [3.63, 3.8) is 0 Å². The van der Waals surface area contributed by atoms with Crippen molar-refractivity contribution in [2.24, 2.45) is 10.2 Å². The van der Waals surface area contributed by atoms with Crippen LogP contribution in [0.15, 0.2) is 46.8 Å². The third kappa shape index (κ3) is 4.60. The number of fused-ring (bicyclic) bond motifs is 2. The summed E-state index contributed by atoms with van der Waals surface area (Å²) in [6.07, 6.45) is 2.76. The van der Waals surface area contributed by atoms with Crippen LogP contribution in [0.1, 0.15) is 12.5 Å². The fraction of sp³-hybridized carbons (Fsp3) is 0.333. The Hall–Kier alpha value is -2.84. The molecule has 0 fully saturated rings. The quantitative estimate of drug-likeness (QED) is 0.323. The van der Waals surface area contributed by atoms with Gasteiger partial charge >= 0.3 is 0 Å². The van der Waals surface area contributed by atoms with E-state index in [4.69, 9.17) is 0 Å². The van der Waals surface area contributed by atoms with E-state index in [1.807, 2.05) is 18.3 Å². The molecule has 0 atom stereocenters. The van der Waals surface area contributed by atoms with Crippen LogP contribution in [0.4, 0.5) is 16.5 Å². The van der Waals surface area contributed by atoms with E-state index < -0.39 is 0 Å². The van der Waals surface area contributed by atoms with Crippen LogP contribution < -0.4 is 5.32 Å². The summed E-state index contributed by atoms with van der Waals surface area (Å²) in [5.74, 6) is 0. The maximum absolute atomic E-state index is 4.58. The number of likely N-dealkylation sites (N-methyl/N-ethyl adjacent to an activating group) is 1. The summed E-state index contributed by atoms with van der Waals surface area (Å²) >= 11 is 1.53. The molecule has 0 unspecified atom stereocenters. The zero-order valence-corrected chi connectivity index (χ0v) is 18.0. The van der Waals surface area contributed by atoms with Gasteiger partial charge in [0.15, 0.2) is 0 Å². The fourth-order valence-electron chi connectivity index (χ4n) is 3.13. The third-order valence-corrected chi connectivity index (χ3v) is 5.66. The van der Waals surface area contributed by atoms with Crippen LogP contribution in [0.25, 0.3) is 21.1 Å². The first-order valence-electron chi connectivity index (χ1n) is 9.74. The van der Waals surface area contributed by atoms with E-state index in [1.54, 1.807) is 0 Å². The highest BCUT2D eigenvalue weighted by Gasteiger charge is 2.09. The molecule has 0 aliphatic carbocycles. The number of quaternary nitrogens is 1. The molecule has 0 saturated heterocycles. The molecule has 8 heteroatoms. The number of aromatic nitrogens is 3. The average Bonchev–Trinajstić information content (AvgIpc) is 3.29. The summed E-state index contributed by atoms with van der Waals surface area (Å²) < 4.78 is 2.02. The molecule has 29 heavy (non-hydrogen) atoms. The van der Waals surface area contributed by atoms with E-state index in [2.05, 4.69) is 77.0 Å². The minimum atomic E-state index is 0.656. The monoisotopic (exact) mass is 408 g/mol. The highest BCUT2D eigenvalue weighted by molar-refractivity contribution is 7.22. The predicted molar refractivity (Wildman–Crippen MR) is 121 cm³/mol. The molecule has 0 spiro atoms. The summed E-state index contributed by atoms with van der Waals surface area (Å²) in [6.45, 7) is 4.16. The van der Waals surface area contributed by atoms with Gasteiger partial charge in [0.05, 0.1) is 61.9 Å². The van der Waals surface area contributed by atoms with Crippen LogP contribution in [-0.4, -0.2) is 53.9 Å². The van der Waals surface area contributed by atoms with Crippen LogP contribution >= 0.6 is 11.3 Å². The maximum Gasteiger partial charge on any atom is 0.231 e. The summed E-state index contributed by atoms with van der Waals surface area (Å²) in [5.41, 5.74) is 5.14. The molecule has 2 heterocycles. The van der Waals surface area contributed by atoms with Gasteiger partial charge in [-0.3, -0.25) is 5.10 Å². The molecule has 150 valence electrons. The molecular weight excluding hydrogens is 382 g/mol. The Morgan fingerprint density at radius 1 is 1.14 bits per heavy atom. The van der Waals surface area contributed by atoms with Crippen molar-refractivity contribution in [1.82, 2.24) is 15.2 Å². The molecule has 0 radical (unpaired) electrons. The summed E-state index contributed by atoms with van der Waals surface area (Å²) in [7, 11) is 6.60. The highest BCUT2D eigenvalue weighted by Crippen LogP contribution is 2.32. The molecule has 0 aliphatic rings. The molecular formula is C21H26N7S+. The standard InChI is InChI=1S/C21H26N7S/c1-5-14-10-16(6-7-17(14)22-8-9-28(2,3)4)25-27-21-24-19-12-18-15(13-23-26-18)11-20(19)29-21/h6-7,10-13,22H,5,8-9H2,1-4H3,(H,23,26)/q+1. The van der Waals surface area contributed by atoms with Gasteiger partial charge in [-0.15, -0.1) is 10.2 Å². The van der Waals surface area contributed by atoms with E-state index in [0.29, 0.717) is 5.13 Å². The number of nitrogens with zero attached hydrogens (tertiary/aromatic N) is 5. The van der Waals surface area contributed by atoms with Crippen molar-refractivity contribution in [2.45, 2.75) is 13.3 Å². The number of H-pyrrole nitrogens is 1. The molecule has 4 aromatic rings. The van der Waals surface area contributed by atoms with Crippen molar-refractivity contribution in [2.75, 3.05) is 39.5 Å². The number of anilines is 1. The van der Waals surface area contributed by atoms with Crippen molar-refractivity contribution < 1.29 is 4.48 Å². The van der Waals surface area contributed by atoms with Gasteiger partial charge in [-0.25, -0.2) is 4.98 Å². The van der Waals surface area contributed by atoms with E-state index in [1.165, 1.54) is 22.6 Å². The largest absolute Gasteiger partial charge is 0.379 e. The van der Waals surface area contributed by atoms with Gasteiger partial charge in [0.1, 0.15) is 0 Å². The lowest BCUT2D eigenvalue weighted by molar-refractivity contribution is -0.868. The third-order valence-electron chi connectivity index (χ3n) is 4.76. The second-order valence-corrected chi connectivity index (χ2v) is 9.12. The molecule has 0 aliphatic heterocycles. The first-order valence-corrected chi connectivity index (χ1v) is 10.6. The Balaban J connectivity index is 1.51. The van der Waals surface area contributed by atoms with Crippen molar-refractivity contribution in [1.29, 1.82) is 0 Å². The SMILES string of the molecule is CCc1cc(N=Nc2nc3cc4[nH]ncc4cc3s2)ccc1NCC[N+](C)(C)C. The van der Waals surface area contributed by atoms with Gasteiger partial charge in [0.2, 0.25) is 5.13 Å². The van der Waals surface area contributed by atoms with Gasteiger partial charge in [-0.1, -0.05) is 18.3 Å². The van der Waals surface area contributed by atoms with Gasteiger partial charge in [-0.2, -0.15) is 5.10 Å². The molecule has 2 aromatic heterocycles. The predicted octanol–water partition coefficient (Wildman–Crippen LogP) is 5.27. The zero-order chi connectivity index (χ0) is 20.4. The summed E-state index contributed by atoms with van der Waals surface area (Å²) in [4.78, 5) is 4.58. The number of benzene rings is 2. The topological polar surface area (TPSA) is 78.3 Å². The lowest BCUT2D eigenvalue weighted by atomic mass is 10.1. The number of nitrogens with one attached hydrogen (secondary N) is 2. The lowest BCUT2D eigenvalue weighted by Crippen LogP contribution is -2.38. The normalized spacial score (nSPS) is 12.4. The second-order valence-electron chi connectivity index (χ2n) is 8.11. The van der Waals surface area contributed by atoms with Crippen LogP contribution in [0.3, 0.4) is 0 Å². The van der Waals surface area contributed by atoms with Gasteiger partial charge in [-0.05, 0) is 42.3 Å². The second kappa shape index (κ2) is 7.88. The van der Waals surface area contributed by atoms with E-state index >= 15 is 0 Å². The minimum Gasteiger partial charge on any atom is -0.379 e. The first-order chi connectivity index (χ1) is 13.9. The Labute approximate surface area is 174 Å². The van der Waals surface area contributed by atoms with Crippen LogP contribution in [0.2, 0.25) is 0 Å². The van der Waals surface area contributed by atoms with E-state index in [9.17, 15) is 0 Å². The number of azo groups is 1. The van der Waals surface area contributed by atoms with Gasteiger partial charge < -0.3 is 9.80 Å². The fourth-order valence-corrected chi connectivity index (χ4v) is 3.95. The van der Waals surface area contributed by atoms with E-state index in [-0.39, 0.29) is 0 Å². The molecule has 0 amide bonds. The lowest BCUT2D eigenvalue weighted by Gasteiger charge is -2.24. The Morgan fingerprint density at radius 3 is 2.79 bits per heavy atom. The summed E-state index contributed by atoms with van der Waals surface area (Å²) in [5, 5.41) is 21.1. The molecule has 0 saturated carbocycles. The maximum atomic E-state index is 4.58. The number of hydrogen-bond donors (Lipinski definition) is 2. The van der Waals surface area contributed by atoms with Gasteiger partial charge in [0, 0.05) is 11.1 Å². The zero-order valence-electron chi connectivity index (χ0n) is 17.2. The van der Waals surface area contributed by atoms with Crippen molar-refractivity contribution in [3.8, 4) is 0 Å².